The second-order valence-corrected chi connectivity index (χ2v) is 8.35. The third-order valence-electron chi connectivity index (χ3n) is 5.56. The van der Waals surface area contributed by atoms with Gasteiger partial charge in [0, 0.05) is 31.2 Å². The zero-order chi connectivity index (χ0) is 14.3. The summed E-state index contributed by atoms with van der Waals surface area (Å²) in [5.41, 5.74) is 0.768. The van der Waals surface area contributed by atoms with Crippen LogP contribution in [-0.2, 0) is 0 Å². The second-order valence-electron chi connectivity index (χ2n) is 8.35. The maximum absolute atomic E-state index is 3.85. The van der Waals surface area contributed by atoms with Crippen LogP contribution >= 0.6 is 0 Å². The molecule has 1 saturated carbocycles. The molecule has 1 heterocycles. The van der Waals surface area contributed by atoms with Crippen molar-refractivity contribution < 1.29 is 0 Å². The second kappa shape index (κ2) is 5.37. The first-order valence-corrected chi connectivity index (χ1v) is 8.25. The molecule has 2 heteroatoms. The van der Waals surface area contributed by atoms with E-state index in [9.17, 15) is 0 Å². The van der Waals surface area contributed by atoms with E-state index in [4.69, 9.17) is 0 Å². The SMILES string of the molecule is CCC(C)CN1CC(C(C)(C)C)NCC1(C)C1CC1. The Balaban J connectivity index is 2.09. The smallest absolute Gasteiger partial charge is 0.0334 e. The first kappa shape index (κ1) is 15.3. The van der Waals surface area contributed by atoms with E-state index in [1.54, 1.807) is 0 Å². The molecule has 19 heavy (non-hydrogen) atoms. The Morgan fingerprint density at radius 2 is 1.95 bits per heavy atom. The number of hydrogen-bond acceptors (Lipinski definition) is 2. The van der Waals surface area contributed by atoms with Gasteiger partial charge in [-0.3, -0.25) is 4.90 Å². The highest BCUT2D eigenvalue weighted by atomic mass is 15.3. The van der Waals surface area contributed by atoms with Crippen molar-refractivity contribution in [2.75, 3.05) is 19.6 Å². The van der Waals surface area contributed by atoms with Crippen LogP contribution in [0.5, 0.6) is 0 Å². The van der Waals surface area contributed by atoms with Crippen LogP contribution in [0.4, 0.5) is 0 Å². The summed E-state index contributed by atoms with van der Waals surface area (Å²) in [6, 6.07) is 0.628. The molecule has 3 atom stereocenters. The first-order valence-electron chi connectivity index (χ1n) is 8.25. The Hall–Kier alpha value is -0.0800. The molecular weight excluding hydrogens is 232 g/mol. The summed E-state index contributed by atoms with van der Waals surface area (Å²) in [7, 11) is 0. The third-order valence-corrected chi connectivity index (χ3v) is 5.56. The standard InChI is InChI=1S/C17H34N2/c1-7-13(2)10-19-11-15(16(3,4)5)18-12-17(19,6)14-8-9-14/h13-15,18H,7-12H2,1-6H3. The zero-order valence-electron chi connectivity index (χ0n) is 13.9. The van der Waals surface area contributed by atoms with Gasteiger partial charge in [-0.25, -0.2) is 0 Å². The van der Waals surface area contributed by atoms with Crippen molar-refractivity contribution in [3.63, 3.8) is 0 Å². The zero-order valence-corrected chi connectivity index (χ0v) is 13.9. The number of piperazine rings is 1. The van der Waals surface area contributed by atoms with Gasteiger partial charge in [-0.2, -0.15) is 0 Å². The van der Waals surface area contributed by atoms with Gasteiger partial charge in [0.25, 0.3) is 0 Å². The van der Waals surface area contributed by atoms with Crippen LogP contribution < -0.4 is 5.32 Å². The fourth-order valence-electron chi connectivity index (χ4n) is 3.41. The Morgan fingerprint density at radius 1 is 1.32 bits per heavy atom. The van der Waals surface area contributed by atoms with Crippen molar-refractivity contribution in [1.29, 1.82) is 0 Å². The van der Waals surface area contributed by atoms with E-state index in [2.05, 4.69) is 51.8 Å². The van der Waals surface area contributed by atoms with Crippen LogP contribution in [0.15, 0.2) is 0 Å². The van der Waals surface area contributed by atoms with E-state index in [0.717, 1.165) is 11.8 Å². The van der Waals surface area contributed by atoms with Gasteiger partial charge < -0.3 is 5.32 Å². The normalized spacial score (nSPS) is 35.4. The summed E-state index contributed by atoms with van der Waals surface area (Å²) in [6.45, 7) is 18.0. The molecule has 1 aliphatic carbocycles. The molecular formula is C17H34N2. The predicted molar refractivity (Wildman–Crippen MR) is 83.4 cm³/mol. The minimum atomic E-state index is 0.360. The van der Waals surface area contributed by atoms with Crippen molar-refractivity contribution in [3.8, 4) is 0 Å². The third kappa shape index (κ3) is 3.33. The number of hydrogen-bond donors (Lipinski definition) is 1. The molecule has 2 rings (SSSR count). The lowest BCUT2D eigenvalue weighted by molar-refractivity contribution is 0.000936. The van der Waals surface area contributed by atoms with Gasteiger partial charge >= 0.3 is 0 Å². The molecule has 0 radical (unpaired) electrons. The van der Waals surface area contributed by atoms with Crippen molar-refractivity contribution in [1.82, 2.24) is 10.2 Å². The van der Waals surface area contributed by atoms with E-state index < -0.39 is 0 Å². The van der Waals surface area contributed by atoms with Gasteiger partial charge in [-0.15, -0.1) is 0 Å². The highest BCUT2D eigenvalue weighted by Gasteiger charge is 2.49. The maximum Gasteiger partial charge on any atom is 0.0334 e. The van der Waals surface area contributed by atoms with Crippen LogP contribution in [0, 0.1) is 17.3 Å². The lowest BCUT2D eigenvalue weighted by atomic mass is 9.80. The van der Waals surface area contributed by atoms with Gasteiger partial charge in [-0.1, -0.05) is 41.0 Å². The summed E-state index contributed by atoms with van der Waals surface area (Å²) in [4.78, 5) is 2.82. The van der Waals surface area contributed by atoms with E-state index in [-0.39, 0.29) is 0 Å². The molecule has 112 valence electrons. The van der Waals surface area contributed by atoms with Crippen molar-refractivity contribution in [2.24, 2.45) is 17.3 Å². The van der Waals surface area contributed by atoms with Crippen molar-refractivity contribution in [2.45, 2.75) is 72.4 Å². The fraction of sp³-hybridized carbons (Fsp3) is 1.00. The summed E-state index contributed by atoms with van der Waals surface area (Å²) in [5.74, 6) is 1.75. The molecule has 2 aliphatic rings. The first-order chi connectivity index (χ1) is 8.77. The van der Waals surface area contributed by atoms with Gasteiger partial charge in [-0.05, 0) is 37.0 Å². The van der Waals surface area contributed by atoms with E-state index in [0.29, 0.717) is 17.0 Å². The lowest BCUT2D eigenvalue weighted by Gasteiger charge is -2.52. The minimum Gasteiger partial charge on any atom is -0.310 e. The Kier molecular flexibility index (Phi) is 4.32. The fourth-order valence-corrected chi connectivity index (χ4v) is 3.41. The molecule has 0 aromatic carbocycles. The van der Waals surface area contributed by atoms with Crippen LogP contribution in [0.2, 0.25) is 0 Å². The summed E-state index contributed by atoms with van der Waals surface area (Å²) >= 11 is 0. The summed E-state index contributed by atoms with van der Waals surface area (Å²) in [5, 5.41) is 3.85. The van der Waals surface area contributed by atoms with Crippen LogP contribution in [0.1, 0.15) is 60.8 Å². The number of nitrogens with one attached hydrogen (secondary N) is 1. The molecule has 0 amide bonds. The monoisotopic (exact) mass is 266 g/mol. The van der Waals surface area contributed by atoms with Crippen molar-refractivity contribution >= 4 is 0 Å². The molecule has 2 nitrogen and oxygen atoms in total. The van der Waals surface area contributed by atoms with Crippen LogP contribution in [0.25, 0.3) is 0 Å². The van der Waals surface area contributed by atoms with Gasteiger partial charge in [0.05, 0.1) is 0 Å². The van der Waals surface area contributed by atoms with Crippen molar-refractivity contribution in [3.05, 3.63) is 0 Å². The van der Waals surface area contributed by atoms with Gasteiger partial charge in [0.2, 0.25) is 0 Å². The molecule has 0 aromatic rings. The van der Waals surface area contributed by atoms with E-state index in [1.807, 2.05) is 0 Å². The average Bonchev–Trinajstić information content (AvgIpc) is 3.14. The largest absolute Gasteiger partial charge is 0.310 e. The molecule has 0 spiro atoms. The molecule has 3 unspecified atom stereocenters. The lowest BCUT2D eigenvalue weighted by Crippen LogP contribution is -2.67. The molecule has 0 aromatic heterocycles. The van der Waals surface area contributed by atoms with Gasteiger partial charge in [0.15, 0.2) is 0 Å². The Morgan fingerprint density at radius 3 is 2.42 bits per heavy atom. The molecule has 1 saturated heterocycles. The van der Waals surface area contributed by atoms with Gasteiger partial charge in [0.1, 0.15) is 0 Å². The maximum atomic E-state index is 3.85. The summed E-state index contributed by atoms with van der Waals surface area (Å²) < 4.78 is 0. The highest BCUT2D eigenvalue weighted by molar-refractivity contribution is 5.06. The molecule has 0 bridgehead atoms. The van der Waals surface area contributed by atoms with Crippen LogP contribution in [0.3, 0.4) is 0 Å². The van der Waals surface area contributed by atoms with E-state index >= 15 is 0 Å². The molecule has 1 N–H and O–H groups in total. The molecule has 1 aliphatic heterocycles. The average molecular weight is 266 g/mol. The molecule has 2 fully saturated rings. The number of rotatable bonds is 4. The topological polar surface area (TPSA) is 15.3 Å². The van der Waals surface area contributed by atoms with Crippen LogP contribution in [-0.4, -0.2) is 36.1 Å². The summed E-state index contributed by atoms with van der Waals surface area (Å²) in [6.07, 6.45) is 4.18. The highest BCUT2D eigenvalue weighted by Crippen LogP contribution is 2.45. The Labute approximate surface area is 120 Å². The number of nitrogens with zero attached hydrogens (tertiary/aromatic N) is 1. The Bertz CT molecular complexity index is 303. The van der Waals surface area contributed by atoms with E-state index in [1.165, 1.54) is 38.9 Å². The predicted octanol–water partition coefficient (Wildman–Crippen LogP) is 3.52. The quantitative estimate of drug-likeness (QED) is 0.837. The minimum absolute atomic E-state index is 0.360.